The Morgan fingerprint density at radius 2 is 1.95 bits per heavy atom. The first-order chi connectivity index (χ1) is 9.63. The number of rotatable bonds is 2. The highest BCUT2D eigenvalue weighted by atomic mass is 16.5. The summed E-state index contributed by atoms with van der Waals surface area (Å²) in [5.74, 6) is 1.67. The Balaban J connectivity index is 1.83. The fourth-order valence-electron chi connectivity index (χ4n) is 2.81. The molecule has 0 unspecified atom stereocenters. The fraction of sp³-hybridized carbons (Fsp3) is 0.533. The van der Waals surface area contributed by atoms with Gasteiger partial charge in [0.15, 0.2) is 0 Å². The van der Waals surface area contributed by atoms with Gasteiger partial charge in [0.25, 0.3) is 0 Å². The lowest BCUT2D eigenvalue weighted by atomic mass is 9.86. The molecule has 5 heteroatoms. The molecule has 1 fully saturated rings. The molecular weight excluding hydrogens is 252 g/mol. The molecule has 0 aromatic carbocycles. The zero-order chi connectivity index (χ0) is 14.1. The molecule has 0 atom stereocenters. The highest BCUT2D eigenvalue weighted by Gasteiger charge is 2.25. The van der Waals surface area contributed by atoms with Gasteiger partial charge in [0, 0.05) is 18.2 Å². The minimum Gasteiger partial charge on any atom is -0.339 e. The zero-order valence-corrected chi connectivity index (χ0v) is 12.0. The molecule has 0 radical (unpaired) electrons. The van der Waals surface area contributed by atoms with Crippen LogP contribution < -0.4 is 5.73 Å². The molecule has 2 N–H and O–H groups in total. The highest BCUT2D eigenvalue weighted by molar-refractivity contribution is 5.54. The van der Waals surface area contributed by atoms with Crippen LogP contribution in [0, 0.1) is 13.8 Å². The minimum absolute atomic E-state index is 0.328. The first-order valence-electron chi connectivity index (χ1n) is 7.16. The lowest BCUT2D eigenvalue weighted by Crippen LogP contribution is -2.25. The molecule has 1 saturated carbocycles. The second-order valence-electron chi connectivity index (χ2n) is 5.75. The molecule has 3 rings (SSSR count). The normalized spacial score (nSPS) is 22.9. The van der Waals surface area contributed by atoms with Gasteiger partial charge in [-0.3, -0.25) is 4.98 Å². The second-order valence-corrected chi connectivity index (χ2v) is 5.75. The third-order valence-corrected chi connectivity index (χ3v) is 3.99. The number of hydrogen-bond acceptors (Lipinski definition) is 5. The van der Waals surface area contributed by atoms with Gasteiger partial charge in [-0.25, -0.2) is 0 Å². The van der Waals surface area contributed by atoms with Crippen molar-refractivity contribution >= 4 is 0 Å². The summed E-state index contributed by atoms with van der Waals surface area (Å²) in [7, 11) is 0. The number of aryl methyl sites for hydroxylation is 2. The maximum atomic E-state index is 5.93. The van der Waals surface area contributed by atoms with Crippen LogP contribution in [0.4, 0.5) is 0 Å². The van der Waals surface area contributed by atoms with Crippen molar-refractivity contribution < 1.29 is 4.52 Å². The number of nitrogens with two attached hydrogens (primary N) is 1. The van der Waals surface area contributed by atoms with Gasteiger partial charge in [-0.1, -0.05) is 11.2 Å². The predicted molar refractivity (Wildman–Crippen MR) is 76.2 cm³/mol. The van der Waals surface area contributed by atoms with Crippen LogP contribution in [0.1, 0.15) is 48.6 Å². The Bertz CT molecular complexity index is 600. The van der Waals surface area contributed by atoms with Crippen LogP contribution in [-0.2, 0) is 0 Å². The summed E-state index contributed by atoms with van der Waals surface area (Å²) in [5, 5.41) is 4.09. The molecule has 2 aromatic rings. The smallest absolute Gasteiger partial charge is 0.230 e. The third kappa shape index (κ3) is 2.58. The molecule has 20 heavy (non-hydrogen) atoms. The summed E-state index contributed by atoms with van der Waals surface area (Å²) in [6.07, 6.45) is 5.96. The number of pyridine rings is 1. The van der Waals surface area contributed by atoms with E-state index in [2.05, 4.69) is 21.2 Å². The van der Waals surface area contributed by atoms with Crippen molar-refractivity contribution in [2.75, 3.05) is 0 Å². The zero-order valence-electron chi connectivity index (χ0n) is 12.0. The molecule has 1 aliphatic carbocycles. The predicted octanol–water partition coefficient (Wildman–Crippen LogP) is 2.73. The van der Waals surface area contributed by atoms with Crippen molar-refractivity contribution in [1.29, 1.82) is 0 Å². The average molecular weight is 272 g/mol. The summed E-state index contributed by atoms with van der Waals surface area (Å²) >= 11 is 0. The van der Waals surface area contributed by atoms with Crippen LogP contribution in [0.3, 0.4) is 0 Å². The lowest BCUT2D eigenvalue weighted by Gasteiger charge is -2.22. The van der Waals surface area contributed by atoms with Gasteiger partial charge < -0.3 is 10.3 Å². The van der Waals surface area contributed by atoms with E-state index in [1.807, 2.05) is 20.0 Å². The molecule has 0 spiro atoms. The van der Waals surface area contributed by atoms with Crippen molar-refractivity contribution in [3.05, 3.63) is 29.3 Å². The molecule has 0 bridgehead atoms. The van der Waals surface area contributed by atoms with Crippen molar-refractivity contribution in [1.82, 2.24) is 15.1 Å². The van der Waals surface area contributed by atoms with Crippen molar-refractivity contribution in [3.63, 3.8) is 0 Å². The van der Waals surface area contributed by atoms with E-state index in [0.29, 0.717) is 17.8 Å². The van der Waals surface area contributed by atoms with Crippen LogP contribution in [0.15, 0.2) is 16.8 Å². The Morgan fingerprint density at radius 3 is 2.65 bits per heavy atom. The Labute approximate surface area is 118 Å². The fourth-order valence-corrected chi connectivity index (χ4v) is 2.81. The Morgan fingerprint density at radius 1 is 1.20 bits per heavy atom. The van der Waals surface area contributed by atoms with Gasteiger partial charge in [-0.05, 0) is 50.7 Å². The monoisotopic (exact) mass is 272 g/mol. The molecule has 0 saturated heterocycles. The van der Waals surface area contributed by atoms with Gasteiger partial charge in [-0.2, -0.15) is 4.98 Å². The van der Waals surface area contributed by atoms with E-state index in [-0.39, 0.29) is 0 Å². The first-order valence-corrected chi connectivity index (χ1v) is 7.16. The van der Waals surface area contributed by atoms with E-state index in [9.17, 15) is 0 Å². The van der Waals surface area contributed by atoms with Crippen molar-refractivity contribution in [2.24, 2.45) is 5.73 Å². The lowest BCUT2D eigenvalue weighted by molar-refractivity contribution is 0.301. The SMILES string of the molecule is Cc1cnc(-c2noc(C3CCC(N)CC3)n2)c(C)c1. The van der Waals surface area contributed by atoms with E-state index < -0.39 is 0 Å². The molecule has 106 valence electrons. The topological polar surface area (TPSA) is 77.8 Å². The summed E-state index contributed by atoms with van der Waals surface area (Å²) in [5.41, 5.74) is 8.94. The standard InChI is InChI=1S/C15H20N4O/c1-9-7-10(2)13(17-8-9)14-18-15(20-19-14)11-3-5-12(16)6-4-11/h7-8,11-12H,3-6,16H2,1-2H3. The number of aromatic nitrogens is 3. The van der Waals surface area contributed by atoms with E-state index in [1.165, 1.54) is 0 Å². The highest BCUT2D eigenvalue weighted by Crippen LogP contribution is 2.32. The summed E-state index contributed by atoms with van der Waals surface area (Å²) in [4.78, 5) is 8.95. The number of hydrogen-bond donors (Lipinski definition) is 1. The van der Waals surface area contributed by atoms with Crippen molar-refractivity contribution in [2.45, 2.75) is 51.5 Å². The van der Waals surface area contributed by atoms with Crippen LogP contribution in [0.2, 0.25) is 0 Å². The van der Waals surface area contributed by atoms with E-state index in [1.54, 1.807) is 0 Å². The van der Waals surface area contributed by atoms with Crippen LogP contribution in [0.25, 0.3) is 11.5 Å². The molecule has 2 heterocycles. The van der Waals surface area contributed by atoms with Gasteiger partial charge in [0.05, 0.1) is 0 Å². The van der Waals surface area contributed by atoms with Gasteiger partial charge >= 0.3 is 0 Å². The molecule has 5 nitrogen and oxygen atoms in total. The average Bonchev–Trinajstić information content (AvgIpc) is 2.89. The number of nitrogens with zero attached hydrogens (tertiary/aromatic N) is 3. The van der Waals surface area contributed by atoms with Crippen LogP contribution >= 0.6 is 0 Å². The van der Waals surface area contributed by atoms with Gasteiger partial charge in [-0.15, -0.1) is 0 Å². The van der Waals surface area contributed by atoms with Gasteiger partial charge in [0.1, 0.15) is 5.69 Å². The summed E-state index contributed by atoms with van der Waals surface area (Å²) in [6, 6.07) is 2.41. The maximum Gasteiger partial charge on any atom is 0.230 e. The van der Waals surface area contributed by atoms with E-state index in [0.717, 1.165) is 48.4 Å². The second kappa shape index (κ2) is 5.32. The quantitative estimate of drug-likeness (QED) is 0.909. The summed E-state index contributed by atoms with van der Waals surface area (Å²) < 4.78 is 5.44. The van der Waals surface area contributed by atoms with Crippen LogP contribution in [-0.4, -0.2) is 21.2 Å². The maximum absolute atomic E-state index is 5.93. The molecule has 0 amide bonds. The van der Waals surface area contributed by atoms with Crippen LogP contribution in [0.5, 0.6) is 0 Å². The third-order valence-electron chi connectivity index (χ3n) is 3.99. The molecule has 0 aliphatic heterocycles. The van der Waals surface area contributed by atoms with E-state index in [4.69, 9.17) is 10.3 Å². The Kier molecular flexibility index (Phi) is 3.53. The minimum atomic E-state index is 0.328. The molecule has 1 aliphatic rings. The molecular formula is C15H20N4O. The summed E-state index contributed by atoms with van der Waals surface area (Å²) in [6.45, 7) is 4.04. The van der Waals surface area contributed by atoms with Gasteiger partial charge in [0.2, 0.25) is 11.7 Å². The Hall–Kier alpha value is -1.75. The van der Waals surface area contributed by atoms with E-state index >= 15 is 0 Å². The van der Waals surface area contributed by atoms with Crippen molar-refractivity contribution in [3.8, 4) is 11.5 Å². The first kappa shape index (κ1) is 13.2. The molecule has 2 aromatic heterocycles. The largest absolute Gasteiger partial charge is 0.339 e.